The third-order valence-corrected chi connectivity index (χ3v) is 5.72. The van der Waals surface area contributed by atoms with Gasteiger partial charge < -0.3 is 10.2 Å². The summed E-state index contributed by atoms with van der Waals surface area (Å²) in [6.45, 7) is 0. The van der Waals surface area contributed by atoms with Gasteiger partial charge >= 0.3 is 11.9 Å². The van der Waals surface area contributed by atoms with E-state index in [1.165, 1.54) is 6.08 Å². The molecule has 2 aromatic carbocycles. The minimum absolute atomic E-state index is 0.194. The second kappa shape index (κ2) is 9.54. The van der Waals surface area contributed by atoms with Gasteiger partial charge in [-0.2, -0.15) is 0 Å². The van der Waals surface area contributed by atoms with Crippen molar-refractivity contribution in [1.29, 1.82) is 0 Å². The second-order valence-corrected chi connectivity index (χ2v) is 7.60. The number of nitro groups is 3. The van der Waals surface area contributed by atoms with Crippen LogP contribution in [0.15, 0.2) is 66.8 Å². The van der Waals surface area contributed by atoms with E-state index in [-0.39, 0.29) is 11.3 Å². The molecular weight excluding hydrogens is 482 g/mol. The standard InChI is InChI=1S/C22H15N3O11/c26-19(12-7-9-13(10-8-12)23(31)32)14-4-3-6-16(18(14)24(33)34)22(25(35)36)11-2-1-5-15(22)17(20(27)28)21(29)30/h1-11,15,17H,(H,27,28)(H,29,30). The SMILES string of the molecule is O=C(c1ccc([N+](=O)[O-])cc1)c1cccc(C2([N+](=O)[O-])C=CC=CC2C(C(=O)O)C(=O)O)c1[N+](=O)[O-]. The Kier molecular flexibility index (Phi) is 6.72. The summed E-state index contributed by atoms with van der Waals surface area (Å²) in [5, 5.41) is 54.4. The molecule has 2 aromatic rings. The number of benzene rings is 2. The number of carbonyl (C=O) groups excluding carboxylic acids is 1. The highest BCUT2D eigenvalue weighted by atomic mass is 16.6. The number of hydrogen-bond donors (Lipinski definition) is 2. The first-order valence-electron chi connectivity index (χ1n) is 9.96. The maximum Gasteiger partial charge on any atom is 0.318 e. The van der Waals surface area contributed by atoms with E-state index >= 15 is 0 Å². The first kappa shape index (κ1) is 25.4. The fourth-order valence-electron chi connectivity index (χ4n) is 4.11. The second-order valence-electron chi connectivity index (χ2n) is 7.60. The zero-order valence-electron chi connectivity index (χ0n) is 17.9. The number of ketones is 1. The Labute approximate surface area is 200 Å². The fourth-order valence-corrected chi connectivity index (χ4v) is 4.11. The number of aliphatic carboxylic acids is 2. The van der Waals surface area contributed by atoms with E-state index in [2.05, 4.69) is 0 Å². The Hall–Kier alpha value is -5.27. The molecule has 184 valence electrons. The molecule has 14 heteroatoms. The number of para-hydroxylation sites is 1. The predicted octanol–water partition coefficient (Wildman–Crippen LogP) is 2.73. The van der Waals surface area contributed by atoms with E-state index in [4.69, 9.17) is 0 Å². The number of non-ortho nitro benzene ring substituents is 1. The monoisotopic (exact) mass is 497 g/mol. The molecule has 0 radical (unpaired) electrons. The van der Waals surface area contributed by atoms with Crippen LogP contribution in [0.5, 0.6) is 0 Å². The lowest BCUT2D eigenvalue weighted by Crippen LogP contribution is -2.49. The van der Waals surface area contributed by atoms with Crippen LogP contribution in [0, 0.1) is 42.2 Å². The van der Waals surface area contributed by atoms with Gasteiger partial charge in [0.1, 0.15) is 11.1 Å². The molecule has 0 saturated heterocycles. The Morgan fingerprint density at radius 3 is 1.97 bits per heavy atom. The van der Waals surface area contributed by atoms with Gasteiger partial charge in [-0.1, -0.05) is 24.3 Å². The van der Waals surface area contributed by atoms with Crippen LogP contribution in [0.1, 0.15) is 21.5 Å². The Bertz CT molecular complexity index is 1350. The van der Waals surface area contributed by atoms with Crippen molar-refractivity contribution in [3.63, 3.8) is 0 Å². The summed E-state index contributed by atoms with van der Waals surface area (Å²) in [5.41, 5.74) is -5.63. The van der Waals surface area contributed by atoms with Crippen LogP contribution in [0.4, 0.5) is 11.4 Å². The van der Waals surface area contributed by atoms with Crippen molar-refractivity contribution in [1.82, 2.24) is 0 Å². The summed E-state index contributed by atoms with van der Waals surface area (Å²) in [5.74, 6) is -9.06. The third kappa shape index (κ3) is 4.18. The van der Waals surface area contributed by atoms with Crippen molar-refractivity contribution in [3.8, 4) is 0 Å². The van der Waals surface area contributed by atoms with Gasteiger partial charge in [0, 0.05) is 22.6 Å². The average Bonchev–Trinajstić information content (AvgIpc) is 2.82. The van der Waals surface area contributed by atoms with Gasteiger partial charge in [0.05, 0.1) is 15.8 Å². The number of carbonyl (C=O) groups is 3. The van der Waals surface area contributed by atoms with Crippen molar-refractivity contribution in [2.24, 2.45) is 11.8 Å². The number of hydrogen-bond acceptors (Lipinski definition) is 9. The van der Waals surface area contributed by atoms with Crippen LogP contribution in [-0.2, 0) is 15.1 Å². The molecule has 2 N–H and O–H groups in total. The Balaban J connectivity index is 2.30. The van der Waals surface area contributed by atoms with Crippen molar-refractivity contribution in [3.05, 3.63) is 114 Å². The molecular formula is C22H15N3O11. The quantitative estimate of drug-likeness (QED) is 0.222. The Morgan fingerprint density at radius 1 is 0.861 bits per heavy atom. The molecule has 1 aliphatic rings. The van der Waals surface area contributed by atoms with Gasteiger partial charge in [0.15, 0.2) is 11.7 Å². The molecule has 0 saturated carbocycles. The van der Waals surface area contributed by atoms with Crippen LogP contribution in [0.2, 0.25) is 0 Å². The first-order chi connectivity index (χ1) is 16.9. The van der Waals surface area contributed by atoms with Crippen LogP contribution in [0.3, 0.4) is 0 Å². The zero-order chi connectivity index (χ0) is 26.8. The lowest BCUT2D eigenvalue weighted by Gasteiger charge is -2.32. The topological polar surface area (TPSA) is 221 Å². The van der Waals surface area contributed by atoms with Crippen LogP contribution >= 0.6 is 0 Å². The first-order valence-corrected chi connectivity index (χ1v) is 9.96. The minimum Gasteiger partial charge on any atom is -0.481 e. The number of nitro benzene ring substituents is 2. The van der Waals surface area contributed by atoms with E-state index < -0.39 is 66.7 Å². The molecule has 3 rings (SSSR count). The van der Waals surface area contributed by atoms with Crippen molar-refractivity contribution < 1.29 is 39.4 Å². The van der Waals surface area contributed by atoms with E-state index in [0.717, 1.165) is 60.7 Å². The highest BCUT2D eigenvalue weighted by Gasteiger charge is 2.59. The maximum atomic E-state index is 13.1. The molecule has 0 heterocycles. The summed E-state index contributed by atoms with van der Waals surface area (Å²) in [7, 11) is 0. The van der Waals surface area contributed by atoms with Gasteiger partial charge in [-0.05, 0) is 30.3 Å². The molecule has 2 atom stereocenters. The van der Waals surface area contributed by atoms with Gasteiger partial charge in [0.25, 0.3) is 16.9 Å². The fraction of sp³-hybridized carbons (Fsp3) is 0.136. The number of nitrogens with zero attached hydrogens (tertiary/aromatic N) is 3. The molecule has 36 heavy (non-hydrogen) atoms. The highest BCUT2D eigenvalue weighted by molar-refractivity contribution is 6.12. The van der Waals surface area contributed by atoms with E-state index in [1.54, 1.807) is 0 Å². The molecule has 0 aromatic heterocycles. The molecule has 0 fully saturated rings. The number of rotatable bonds is 9. The van der Waals surface area contributed by atoms with E-state index in [0.29, 0.717) is 0 Å². The highest BCUT2D eigenvalue weighted by Crippen LogP contribution is 2.46. The van der Waals surface area contributed by atoms with Gasteiger partial charge in [0.2, 0.25) is 0 Å². The van der Waals surface area contributed by atoms with Crippen LogP contribution < -0.4 is 0 Å². The molecule has 1 aliphatic carbocycles. The zero-order valence-corrected chi connectivity index (χ0v) is 17.9. The molecule has 14 nitrogen and oxygen atoms in total. The van der Waals surface area contributed by atoms with E-state index in [9.17, 15) is 54.9 Å². The maximum absolute atomic E-state index is 13.1. The van der Waals surface area contributed by atoms with Gasteiger partial charge in [-0.3, -0.25) is 44.7 Å². The van der Waals surface area contributed by atoms with Crippen molar-refractivity contribution in [2.75, 3.05) is 0 Å². The third-order valence-electron chi connectivity index (χ3n) is 5.72. The summed E-state index contributed by atoms with van der Waals surface area (Å²) >= 11 is 0. The van der Waals surface area contributed by atoms with Crippen LogP contribution in [-0.4, -0.2) is 42.7 Å². The lowest BCUT2D eigenvalue weighted by atomic mass is 9.69. The molecule has 0 amide bonds. The van der Waals surface area contributed by atoms with Gasteiger partial charge in [-0.15, -0.1) is 0 Å². The summed E-state index contributed by atoms with van der Waals surface area (Å²) in [4.78, 5) is 69.2. The predicted molar refractivity (Wildman–Crippen MR) is 119 cm³/mol. The minimum atomic E-state index is -2.73. The number of carboxylic acids is 2. The van der Waals surface area contributed by atoms with E-state index in [1.807, 2.05) is 0 Å². The Morgan fingerprint density at radius 2 is 1.47 bits per heavy atom. The van der Waals surface area contributed by atoms with Crippen molar-refractivity contribution >= 4 is 29.1 Å². The summed E-state index contributed by atoms with van der Waals surface area (Å²) in [6.07, 6.45) is 4.11. The molecule has 0 spiro atoms. The summed E-state index contributed by atoms with van der Waals surface area (Å²) in [6, 6.07) is 7.17. The lowest BCUT2D eigenvalue weighted by molar-refractivity contribution is -0.575. The number of carboxylic acid groups (broad SMARTS) is 2. The molecule has 0 bridgehead atoms. The molecule has 0 aliphatic heterocycles. The largest absolute Gasteiger partial charge is 0.481 e. The smallest absolute Gasteiger partial charge is 0.318 e. The van der Waals surface area contributed by atoms with Crippen LogP contribution in [0.25, 0.3) is 0 Å². The normalized spacial score (nSPS) is 18.5. The van der Waals surface area contributed by atoms with Crippen molar-refractivity contribution in [2.45, 2.75) is 5.54 Å². The summed E-state index contributed by atoms with van der Waals surface area (Å²) < 4.78 is 0. The molecule has 2 unspecified atom stereocenters. The number of allylic oxidation sites excluding steroid dienone is 2. The van der Waals surface area contributed by atoms with Gasteiger partial charge in [-0.25, -0.2) is 0 Å². The average molecular weight is 497 g/mol.